The lowest BCUT2D eigenvalue weighted by Crippen LogP contribution is -2.19. The van der Waals surface area contributed by atoms with Gasteiger partial charge in [0.15, 0.2) is 0 Å². The maximum Gasteiger partial charge on any atom is 0.404 e. The molecule has 0 unspecified atom stereocenters. The summed E-state index contributed by atoms with van der Waals surface area (Å²) in [5, 5.41) is 23.9. The van der Waals surface area contributed by atoms with E-state index in [-0.39, 0.29) is 12.2 Å². The van der Waals surface area contributed by atoms with E-state index in [9.17, 15) is 14.9 Å². The average Bonchev–Trinajstić information content (AvgIpc) is 2.25. The van der Waals surface area contributed by atoms with Gasteiger partial charge in [-0.15, -0.1) is 0 Å². The lowest BCUT2D eigenvalue weighted by Gasteiger charge is -2.05. The largest absolute Gasteiger partial charge is 0.465 e. The van der Waals surface area contributed by atoms with Crippen LogP contribution in [0, 0.1) is 10.1 Å². The van der Waals surface area contributed by atoms with Gasteiger partial charge < -0.3 is 15.7 Å². The van der Waals surface area contributed by atoms with Crippen molar-refractivity contribution in [3.05, 3.63) is 33.9 Å². The Morgan fingerprint density at radius 1 is 1.56 bits per heavy atom. The number of nitro groups is 1. The zero-order chi connectivity index (χ0) is 12.1. The van der Waals surface area contributed by atoms with E-state index in [1.807, 2.05) is 0 Å². The molecule has 0 saturated heterocycles. The number of nitrogens with zero attached hydrogens (tertiary/aromatic N) is 1. The predicted molar refractivity (Wildman–Crippen MR) is 57.5 cm³/mol. The molecule has 0 aromatic heterocycles. The Morgan fingerprint density at radius 3 is 2.75 bits per heavy atom. The summed E-state index contributed by atoms with van der Waals surface area (Å²) < 4.78 is 0. The van der Waals surface area contributed by atoms with Crippen molar-refractivity contribution >= 4 is 17.5 Å². The number of hydrogen-bond acceptors (Lipinski definition) is 4. The van der Waals surface area contributed by atoms with Crippen LogP contribution in [-0.4, -0.2) is 23.2 Å². The van der Waals surface area contributed by atoms with Crippen LogP contribution in [0.15, 0.2) is 18.2 Å². The summed E-state index contributed by atoms with van der Waals surface area (Å²) in [6.07, 6.45) is -1.13. The highest BCUT2D eigenvalue weighted by Gasteiger charge is 2.12. The maximum atomic E-state index is 10.6. The van der Waals surface area contributed by atoms with Gasteiger partial charge in [0.05, 0.1) is 4.92 Å². The molecule has 1 aromatic carbocycles. The summed E-state index contributed by atoms with van der Waals surface area (Å²) >= 11 is 0. The second-order valence-electron chi connectivity index (χ2n) is 3.02. The summed E-state index contributed by atoms with van der Waals surface area (Å²) in [6.45, 7) is 0.113. The van der Waals surface area contributed by atoms with Crippen LogP contribution in [0.25, 0.3) is 0 Å². The molecule has 3 N–H and O–H groups in total. The fraction of sp³-hybridized carbons (Fsp3) is 0.222. The van der Waals surface area contributed by atoms with Gasteiger partial charge in [-0.2, -0.15) is 0 Å². The lowest BCUT2D eigenvalue weighted by molar-refractivity contribution is -0.383. The van der Waals surface area contributed by atoms with E-state index in [4.69, 9.17) is 5.11 Å². The van der Waals surface area contributed by atoms with E-state index in [0.717, 1.165) is 0 Å². The molecule has 16 heavy (non-hydrogen) atoms. The van der Waals surface area contributed by atoms with Crippen molar-refractivity contribution in [2.24, 2.45) is 0 Å². The molecule has 1 aromatic rings. The minimum Gasteiger partial charge on any atom is -0.465 e. The molecule has 0 aliphatic heterocycles. The van der Waals surface area contributed by atoms with E-state index in [2.05, 4.69) is 10.6 Å². The molecular formula is C9H11N3O4. The van der Waals surface area contributed by atoms with Crippen LogP contribution in [0.3, 0.4) is 0 Å². The fourth-order valence-corrected chi connectivity index (χ4v) is 1.23. The van der Waals surface area contributed by atoms with Crippen molar-refractivity contribution < 1.29 is 14.8 Å². The second kappa shape index (κ2) is 4.96. The number of carboxylic acid groups (broad SMARTS) is 1. The Morgan fingerprint density at radius 2 is 2.25 bits per heavy atom. The summed E-state index contributed by atoms with van der Waals surface area (Å²) in [7, 11) is 1.57. The number of rotatable bonds is 4. The van der Waals surface area contributed by atoms with Gasteiger partial charge >= 0.3 is 6.09 Å². The number of anilines is 1. The predicted octanol–water partition coefficient (Wildman–Crippen LogP) is 1.40. The Hall–Kier alpha value is -2.31. The molecule has 0 spiro atoms. The molecule has 0 aliphatic carbocycles. The number of nitrogens with one attached hydrogen (secondary N) is 2. The first-order valence-corrected chi connectivity index (χ1v) is 4.46. The third-order valence-corrected chi connectivity index (χ3v) is 1.97. The molecule has 1 amide bonds. The van der Waals surface area contributed by atoms with Gasteiger partial charge in [-0.05, 0) is 11.6 Å². The van der Waals surface area contributed by atoms with Crippen molar-refractivity contribution in [1.82, 2.24) is 5.32 Å². The molecule has 0 heterocycles. The van der Waals surface area contributed by atoms with Crippen molar-refractivity contribution in [2.45, 2.75) is 6.54 Å². The third kappa shape index (κ3) is 2.84. The molecule has 0 saturated carbocycles. The molecule has 0 aliphatic rings. The average molecular weight is 225 g/mol. The summed E-state index contributed by atoms with van der Waals surface area (Å²) in [5.74, 6) is 0. The number of carbonyl (C=O) groups is 1. The molecule has 0 bridgehead atoms. The van der Waals surface area contributed by atoms with Gasteiger partial charge in [0.25, 0.3) is 5.69 Å². The summed E-state index contributed by atoms with van der Waals surface area (Å²) in [4.78, 5) is 20.4. The highest BCUT2D eigenvalue weighted by atomic mass is 16.6. The minimum atomic E-state index is -1.13. The molecule has 86 valence electrons. The first kappa shape index (κ1) is 11.8. The van der Waals surface area contributed by atoms with Crippen LogP contribution in [0.2, 0.25) is 0 Å². The Kier molecular flexibility index (Phi) is 3.65. The quantitative estimate of drug-likeness (QED) is 0.530. The zero-order valence-corrected chi connectivity index (χ0v) is 8.56. The van der Waals surface area contributed by atoms with Crippen molar-refractivity contribution in [3.63, 3.8) is 0 Å². The van der Waals surface area contributed by atoms with Gasteiger partial charge in [0.1, 0.15) is 5.69 Å². The van der Waals surface area contributed by atoms with Gasteiger partial charge in [-0.3, -0.25) is 10.1 Å². The smallest absolute Gasteiger partial charge is 0.404 e. The lowest BCUT2D eigenvalue weighted by atomic mass is 10.1. The van der Waals surface area contributed by atoms with E-state index in [1.54, 1.807) is 7.05 Å². The van der Waals surface area contributed by atoms with Crippen LogP contribution < -0.4 is 10.6 Å². The highest BCUT2D eigenvalue weighted by Crippen LogP contribution is 2.24. The van der Waals surface area contributed by atoms with E-state index < -0.39 is 11.0 Å². The first-order valence-electron chi connectivity index (χ1n) is 4.46. The topological polar surface area (TPSA) is 104 Å². The molecule has 7 heteroatoms. The highest BCUT2D eigenvalue weighted by molar-refractivity contribution is 5.65. The molecular weight excluding hydrogens is 214 g/mol. The summed E-state index contributed by atoms with van der Waals surface area (Å²) in [5.41, 5.74) is 0.966. The minimum absolute atomic E-state index is 0.0402. The van der Waals surface area contributed by atoms with Crippen LogP contribution in [0.4, 0.5) is 16.2 Å². The van der Waals surface area contributed by atoms with Crippen molar-refractivity contribution in [1.29, 1.82) is 0 Å². The monoisotopic (exact) mass is 225 g/mol. The second-order valence-corrected chi connectivity index (χ2v) is 3.02. The van der Waals surface area contributed by atoms with Gasteiger partial charge in [-0.25, -0.2) is 4.79 Å². The molecule has 0 radical (unpaired) electrons. The van der Waals surface area contributed by atoms with Gasteiger partial charge in [0.2, 0.25) is 0 Å². The van der Waals surface area contributed by atoms with E-state index in [1.165, 1.54) is 18.2 Å². The summed E-state index contributed by atoms with van der Waals surface area (Å²) in [6, 6.07) is 4.38. The standard InChI is InChI=1S/C9H11N3O4/c1-10-7-4-6(5-11-9(13)14)2-3-8(7)12(15)16/h2-4,10-11H,5H2,1H3,(H,13,14). The zero-order valence-electron chi connectivity index (χ0n) is 8.56. The van der Waals surface area contributed by atoms with Crippen molar-refractivity contribution in [3.8, 4) is 0 Å². The Balaban J connectivity index is 2.90. The number of hydrogen-bond donors (Lipinski definition) is 3. The SMILES string of the molecule is CNc1cc(CNC(=O)O)ccc1[N+](=O)[O-]. The van der Waals surface area contributed by atoms with Crippen LogP contribution in [0.5, 0.6) is 0 Å². The Labute approximate surface area is 91.2 Å². The van der Waals surface area contributed by atoms with Gasteiger partial charge in [0, 0.05) is 19.7 Å². The number of amides is 1. The molecule has 0 atom stereocenters. The van der Waals surface area contributed by atoms with Gasteiger partial charge in [-0.1, -0.05) is 6.07 Å². The fourth-order valence-electron chi connectivity index (χ4n) is 1.23. The molecule has 0 fully saturated rings. The van der Waals surface area contributed by atoms with E-state index >= 15 is 0 Å². The normalized spacial score (nSPS) is 9.56. The maximum absolute atomic E-state index is 10.6. The van der Waals surface area contributed by atoms with Crippen LogP contribution >= 0.6 is 0 Å². The molecule has 1 rings (SSSR count). The van der Waals surface area contributed by atoms with Crippen LogP contribution in [-0.2, 0) is 6.54 Å². The number of nitro benzene ring substituents is 1. The van der Waals surface area contributed by atoms with Crippen LogP contribution in [0.1, 0.15) is 5.56 Å². The third-order valence-electron chi connectivity index (χ3n) is 1.97. The first-order chi connectivity index (χ1) is 7.54. The number of benzene rings is 1. The van der Waals surface area contributed by atoms with E-state index in [0.29, 0.717) is 11.3 Å². The molecule has 7 nitrogen and oxygen atoms in total. The Bertz CT molecular complexity index is 419. The van der Waals surface area contributed by atoms with Crippen molar-refractivity contribution in [2.75, 3.05) is 12.4 Å².